The highest BCUT2D eigenvalue weighted by atomic mass is 32.2. The van der Waals surface area contributed by atoms with Crippen LogP contribution in [0.4, 0.5) is 0 Å². The van der Waals surface area contributed by atoms with E-state index in [0.717, 1.165) is 24.3 Å². The van der Waals surface area contributed by atoms with Gasteiger partial charge in [-0.15, -0.1) is 23.1 Å². The molecule has 304 valence electrons. The zero-order valence-electron chi connectivity index (χ0n) is 32.3. The lowest BCUT2D eigenvalue weighted by atomic mass is 10.4. The molecule has 0 saturated heterocycles. The molecule has 1 aromatic carbocycles. The molecule has 4 N–H and O–H groups in total. The number of thioether (sulfide) groups is 1. The summed E-state index contributed by atoms with van der Waals surface area (Å²) in [4.78, 5) is 65.3. The van der Waals surface area contributed by atoms with E-state index in [9.17, 15) is 19.2 Å². The van der Waals surface area contributed by atoms with Gasteiger partial charge in [0.25, 0.3) is 11.1 Å². The molecule has 0 spiro atoms. The van der Waals surface area contributed by atoms with Gasteiger partial charge in [0.1, 0.15) is 0 Å². The van der Waals surface area contributed by atoms with Gasteiger partial charge in [0.15, 0.2) is 0 Å². The molecule has 0 aliphatic carbocycles. The highest BCUT2D eigenvalue weighted by Gasteiger charge is 1.94. The maximum atomic E-state index is 10.9. The summed E-state index contributed by atoms with van der Waals surface area (Å²) in [6, 6.07) is 31.7. The second-order valence-electron chi connectivity index (χ2n) is 10.4. The third-order valence-corrected chi connectivity index (χ3v) is 7.21. The number of aromatic amines is 2. The van der Waals surface area contributed by atoms with Crippen LogP contribution in [0.25, 0.3) is 0 Å². The first kappa shape index (κ1) is 49.2. The summed E-state index contributed by atoms with van der Waals surface area (Å²) in [5.41, 5.74) is 2.27. The Balaban J connectivity index is 0.000000329. The van der Waals surface area contributed by atoms with Crippen molar-refractivity contribution in [2.24, 2.45) is 19.1 Å². The van der Waals surface area contributed by atoms with Crippen molar-refractivity contribution in [3.8, 4) is 0 Å². The molecule has 0 amide bonds. The molecule has 15 nitrogen and oxygen atoms in total. The molecule has 58 heavy (non-hydrogen) atoms. The van der Waals surface area contributed by atoms with Crippen LogP contribution in [0.15, 0.2) is 206 Å². The zero-order chi connectivity index (χ0) is 42.0. The molecule has 0 fully saturated rings. The summed E-state index contributed by atoms with van der Waals surface area (Å²) < 4.78 is 2.40. The van der Waals surface area contributed by atoms with Gasteiger partial charge in [0.2, 0.25) is 0 Å². The minimum absolute atomic E-state index is 0.275. The number of benzene rings is 1. The Morgan fingerprint density at radius 2 is 1.22 bits per heavy atom. The molecule has 17 heteroatoms. The predicted molar refractivity (Wildman–Crippen MR) is 237 cm³/mol. The summed E-state index contributed by atoms with van der Waals surface area (Å²) >= 11 is 3.38. The van der Waals surface area contributed by atoms with E-state index >= 15 is 0 Å². The summed E-state index contributed by atoms with van der Waals surface area (Å²) in [6.45, 7) is 2.95. The van der Waals surface area contributed by atoms with Gasteiger partial charge < -0.3 is 14.9 Å². The van der Waals surface area contributed by atoms with Crippen molar-refractivity contribution in [3.63, 3.8) is 0 Å². The number of nitrogens with one attached hydrogen (secondary N) is 4. The molecule has 9 rings (SSSR count). The summed E-state index contributed by atoms with van der Waals surface area (Å²) in [7, 11) is 3.05. The molecule has 2 aliphatic rings. The number of nitrogens with zero attached hydrogens (tertiary/aromatic N) is 7. The lowest BCUT2D eigenvalue weighted by Gasteiger charge is -2.05. The molecule has 6 aromatic heterocycles. The summed E-state index contributed by atoms with van der Waals surface area (Å²) in [5.74, 6) is 1.19. The van der Waals surface area contributed by atoms with Crippen molar-refractivity contribution < 1.29 is 0 Å². The van der Waals surface area contributed by atoms with Gasteiger partial charge in [0.05, 0.1) is 17.7 Å². The van der Waals surface area contributed by atoms with Crippen molar-refractivity contribution in [2.45, 2.75) is 0 Å². The molecule has 0 radical (unpaired) electrons. The van der Waals surface area contributed by atoms with Crippen LogP contribution in [-0.2, 0) is 14.1 Å². The Labute approximate surface area is 345 Å². The standard InChI is InChI=1S/C6H8N2O2.C6H6.3C5H5N.C4H4N2O2.C4H8N2.C3H5NS.C3H3NS/c1-7-4-3-5(9)8(2)6(7)10;4*1-2-4-6-5-3-1;7-3-1-2-5-4(8)6-3;1-2-5-4-6-3-1;2*1-2-5-3-4-1/h3-4H,1-2H3;1-6H;3*1-5H;1-2H,(H2,5,6,7,8);1-2,5-6H,3-4H2;3H,1-2H2;1-3H. The van der Waals surface area contributed by atoms with E-state index in [4.69, 9.17) is 0 Å². The average molecular weight is 824 g/mol. The van der Waals surface area contributed by atoms with Gasteiger partial charge in [0, 0.05) is 106 Å². The van der Waals surface area contributed by atoms with E-state index < -0.39 is 5.69 Å². The van der Waals surface area contributed by atoms with E-state index in [0.29, 0.717) is 0 Å². The van der Waals surface area contributed by atoms with Gasteiger partial charge in [-0.2, -0.15) is 0 Å². The predicted octanol–water partition coefficient (Wildman–Crippen LogP) is 4.63. The Morgan fingerprint density at radius 3 is 1.45 bits per heavy atom. The van der Waals surface area contributed by atoms with Crippen LogP contribution in [0.2, 0.25) is 0 Å². The Morgan fingerprint density at radius 1 is 0.672 bits per heavy atom. The van der Waals surface area contributed by atoms with E-state index in [1.807, 2.05) is 119 Å². The Bertz CT molecular complexity index is 1900. The molecule has 0 unspecified atom stereocenters. The lowest BCUT2D eigenvalue weighted by Crippen LogP contribution is -2.35. The van der Waals surface area contributed by atoms with Crippen molar-refractivity contribution in [2.75, 3.05) is 25.5 Å². The van der Waals surface area contributed by atoms with Crippen LogP contribution < -0.4 is 33.1 Å². The summed E-state index contributed by atoms with van der Waals surface area (Å²) in [6.07, 6.45) is 19.0. The number of H-pyrrole nitrogens is 2. The molecule has 0 atom stereocenters. The monoisotopic (exact) mass is 823 g/mol. The minimum Gasteiger partial charge on any atom is -0.379 e. The molecular weight excluding hydrogens is 775 g/mol. The van der Waals surface area contributed by atoms with Crippen LogP contribution in [0.3, 0.4) is 0 Å². The van der Waals surface area contributed by atoms with Crippen LogP contribution in [0.1, 0.15) is 0 Å². The zero-order valence-corrected chi connectivity index (χ0v) is 33.9. The number of hydrogen-bond acceptors (Lipinski definition) is 13. The van der Waals surface area contributed by atoms with Gasteiger partial charge in [-0.1, -0.05) is 60.7 Å². The van der Waals surface area contributed by atoms with Crippen molar-refractivity contribution in [1.29, 1.82) is 0 Å². The van der Waals surface area contributed by atoms with Crippen LogP contribution in [-0.4, -0.2) is 70.1 Å². The van der Waals surface area contributed by atoms with Crippen LogP contribution in [0, 0.1) is 0 Å². The van der Waals surface area contributed by atoms with Crippen molar-refractivity contribution in [1.82, 2.24) is 49.7 Å². The van der Waals surface area contributed by atoms with E-state index in [-0.39, 0.29) is 16.8 Å². The number of rotatable bonds is 0. The molecular formula is C41H49N11O4S2. The first-order chi connectivity index (χ1) is 28.4. The fourth-order valence-corrected chi connectivity index (χ4v) is 4.13. The minimum atomic E-state index is -0.475. The third kappa shape index (κ3) is 31.5. The highest BCUT2D eigenvalue weighted by molar-refractivity contribution is 8.12. The number of aryl methyl sites for hydroxylation is 1. The number of aliphatic imine (C=N–C) groups is 1. The fourth-order valence-electron chi connectivity index (χ4n) is 3.26. The SMILES string of the molecule is C1=CNCNC1.C1=NCCS1.Cn1ccc(=O)n(C)c1=O.O=c1cc[nH]c(=O)[nH]1.c1ccccc1.c1ccncc1.c1ccncc1.c1ccncc1.c1cscn1. The smallest absolute Gasteiger partial charge is 0.330 e. The Hall–Kier alpha value is -6.82. The van der Waals surface area contributed by atoms with Gasteiger partial charge in [-0.05, 0) is 42.6 Å². The van der Waals surface area contributed by atoms with Gasteiger partial charge >= 0.3 is 11.4 Å². The number of hydrogen-bond donors (Lipinski definition) is 4. The van der Waals surface area contributed by atoms with E-state index in [1.54, 1.807) is 79.0 Å². The maximum absolute atomic E-state index is 10.9. The van der Waals surface area contributed by atoms with Gasteiger partial charge in [-0.25, -0.2) is 9.59 Å². The lowest BCUT2D eigenvalue weighted by molar-refractivity contribution is 0.669. The highest BCUT2D eigenvalue weighted by Crippen LogP contribution is 1.99. The second kappa shape index (κ2) is 37.1. The summed E-state index contributed by atoms with van der Waals surface area (Å²) in [5, 5.41) is 8.01. The first-order valence-corrected chi connectivity index (χ1v) is 19.5. The van der Waals surface area contributed by atoms with Crippen LogP contribution in [0.5, 0.6) is 0 Å². The third-order valence-electron chi connectivity index (χ3n) is 5.97. The van der Waals surface area contributed by atoms with Crippen molar-refractivity contribution >= 4 is 28.6 Å². The van der Waals surface area contributed by atoms with Gasteiger partial charge in [-0.3, -0.25) is 49.4 Å². The molecule has 8 heterocycles. The number of thiazole rings is 1. The van der Waals surface area contributed by atoms with E-state index in [2.05, 4.69) is 40.5 Å². The molecule has 7 aromatic rings. The fraction of sp³-hybridized carbons (Fsp3) is 0.146. The average Bonchev–Trinajstić information content (AvgIpc) is 4.10. The quantitative estimate of drug-likeness (QED) is 0.166. The topological polar surface area (TPSA) is 198 Å². The normalized spacial score (nSPS) is 10.8. The first-order valence-electron chi connectivity index (χ1n) is 17.5. The van der Waals surface area contributed by atoms with E-state index in [1.165, 1.54) is 41.9 Å². The molecule has 2 aliphatic heterocycles. The number of pyridine rings is 3. The maximum Gasteiger partial charge on any atom is 0.330 e. The largest absolute Gasteiger partial charge is 0.379 e. The molecule has 0 saturated carbocycles. The van der Waals surface area contributed by atoms with Crippen molar-refractivity contribution in [3.05, 3.63) is 224 Å². The number of aromatic nitrogens is 8. The Kier molecular flexibility index (Phi) is 31.5. The molecule has 0 bridgehead atoms. The second-order valence-corrected chi connectivity index (χ2v) is 12.1. The van der Waals surface area contributed by atoms with Crippen LogP contribution >= 0.6 is 23.1 Å².